The Morgan fingerprint density at radius 3 is 1.82 bits per heavy atom. The molecule has 0 heterocycles. The van der Waals surface area contributed by atoms with Gasteiger partial charge in [-0.1, -0.05) is 0 Å². The zero-order chi connectivity index (χ0) is 8.91. The van der Waals surface area contributed by atoms with Crippen molar-refractivity contribution < 1.29 is 4.79 Å². The molecule has 0 atom stereocenters. The number of carbonyl (C=O) groups excluding carboxylic acids is 1. The van der Waals surface area contributed by atoms with Crippen molar-refractivity contribution in [1.29, 1.82) is 0 Å². The summed E-state index contributed by atoms with van der Waals surface area (Å²) in [6, 6.07) is 0. The van der Waals surface area contributed by atoms with Crippen LogP contribution in [0.2, 0.25) is 0 Å². The summed E-state index contributed by atoms with van der Waals surface area (Å²) in [5.41, 5.74) is -1.75. The van der Waals surface area contributed by atoms with Crippen LogP contribution in [0.25, 0.3) is 0 Å². The first kappa shape index (κ1) is 9.47. The van der Waals surface area contributed by atoms with Crippen molar-refractivity contribution in [1.82, 2.24) is 0 Å². The number of Topliss-reactive ketones (excluding diaryl/α,β-unsaturated/α-hetero) is 1. The Kier molecular flexibility index (Phi) is 3.09. The van der Waals surface area contributed by atoms with E-state index in [4.69, 9.17) is 0 Å². The third kappa shape index (κ3) is 2.28. The molecule has 0 aromatic heterocycles. The number of rotatable bonds is 3. The van der Waals surface area contributed by atoms with Crippen molar-refractivity contribution in [3.63, 3.8) is 0 Å². The highest BCUT2D eigenvalue weighted by molar-refractivity contribution is 5.85. The fourth-order valence-electron chi connectivity index (χ4n) is 0.320. The molecule has 0 unspecified atom stereocenters. The average molecular weight is 158 g/mol. The molecule has 0 N–H and O–H groups in total. The molecule has 0 aliphatic heterocycles. The second kappa shape index (κ2) is 3.59. The molecule has 0 aliphatic rings. The molecule has 0 radical (unpaired) electrons. The van der Waals surface area contributed by atoms with Crippen LogP contribution in [0.1, 0.15) is 13.8 Å². The Hall–Kier alpha value is -1.53. The van der Waals surface area contributed by atoms with E-state index in [1.54, 1.807) is 0 Å². The monoisotopic (exact) mass is 158 g/mol. The minimum atomic E-state index is -1.75. The number of nitrogens with zero attached hydrogens (tertiary/aromatic N) is 4. The predicted molar refractivity (Wildman–Crippen MR) is 35.5 cm³/mol. The summed E-state index contributed by atoms with van der Waals surface area (Å²) in [6.45, 7) is 2.29. The van der Waals surface area contributed by atoms with Crippen LogP contribution < -0.4 is 0 Å². The van der Waals surface area contributed by atoms with Gasteiger partial charge in [0.1, 0.15) is 0 Å². The van der Waals surface area contributed by atoms with Crippen molar-refractivity contribution in [3.05, 3.63) is 10.4 Å². The highest BCUT2D eigenvalue weighted by atomic mass is 16.5. The molecule has 0 bridgehead atoms. The predicted octanol–water partition coefficient (Wildman–Crippen LogP) is 1.19. The van der Waals surface area contributed by atoms with E-state index in [1.165, 1.54) is 0 Å². The maximum absolute atomic E-state index is 10.7. The van der Waals surface area contributed by atoms with Crippen LogP contribution in [0.4, 0.5) is 0 Å². The van der Waals surface area contributed by atoms with Gasteiger partial charge in [0.25, 0.3) is 0 Å². The third-order valence-electron chi connectivity index (χ3n) is 1.14. The first-order chi connectivity index (χ1) is 5.06. The Morgan fingerprint density at radius 2 is 1.64 bits per heavy atom. The quantitative estimate of drug-likeness (QED) is 0.453. The van der Waals surface area contributed by atoms with Gasteiger partial charge >= 0.3 is 0 Å². The van der Waals surface area contributed by atoms with Gasteiger partial charge in [-0.05, 0) is 13.8 Å². The molecule has 62 valence electrons. The van der Waals surface area contributed by atoms with E-state index in [9.17, 15) is 15.2 Å². The Labute approximate surface area is 62.4 Å². The first-order valence-electron chi connectivity index (χ1n) is 2.67. The molecule has 0 amide bonds. The second-order valence-corrected chi connectivity index (χ2v) is 1.94. The van der Waals surface area contributed by atoms with Crippen LogP contribution >= 0.6 is 0 Å². The lowest BCUT2D eigenvalue weighted by Crippen LogP contribution is -2.27. The van der Waals surface area contributed by atoms with Crippen molar-refractivity contribution in [3.8, 4) is 0 Å². The summed E-state index contributed by atoms with van der Waals surface area (Å²) in [4.78, 5) is 10.7. The van der Waals surface area contributed by atoms with Crippen LogP contribution in [-0.2, 0) is 4.79 Å². The van der Waals surface area contributed by atoms with Crippen molar-refractivity contribution in [2.45, 2.75) is 19.5 Å². The van der Waals surface area contributed by atoms with Crippen molar-refractivity contribution in [2.75, 3.05) is 0 Å². The van der Waals surface area contributed by atoms with E-state index >= 15 is 0 Å². The summed E-state index contributed by atoms with van der Waals surface area (Å²) in [7, 11) is 0. The fourth-order valence-corrected chi connectivity index (χ4v) is 0.320. The van der Waals surface area contributed by atoms with E-state index in [1.807, 2.05) is 0 Å². The SMILES string of the molecule is CC(=O)C(C)(/N=N/[O-])/N=N/[O-]. The summed E-state index contributed by atoms with van der Waals surface area (Å²) in [5.74, 6) is -0.572. The molecule has 0 rings (SSSR count). The standard InChI is InChI=1S/C4H8N4O3/c1-3(9)4(2,5-7-10)6-8-11/h1-2H3,(H,5,10)(H,6,11)/p-2. The number of hydrogen-bond acceptors (Lipinski definition) is 7. The van der Waals surface area contributed by atoms with E-state index < -0.39 is 11.4 Å². The average Bonchev–Trinajstić information content (AvgIpc) is 1.88. The van der Waals surface area contributed by atoms with Gasteiger partial charge in [0.15, 0.2) is 5.78 Å². The van der Waals surface area contributed by atoms with Crippen LogP contribution in [0, 0.1) is 10.4 Å². The van der Waals surface area contributed by atoms with E-state index in [0.29, 0.717) is 0 Å². The maximum atomic E-state index is 10.7. The van der Waals surface area contributed by atoms with Gasteiger partial charge in [0.2, 0.25) is 5.66 Å². The molecule has 11 heavy (non-hydrogen) atoms. The largest absolute Gasteiger partial charge is 0.775 e. The summed E-state index contributed by atoms with van der Waals surface area (Å²) in [6.07, 6.45) is 0. The van der Waals surface area contributed by atoms with E-state index in [0.717, 1.165) is 13.8 Å². The molecular weight excluding hydrogens is 152 g/mol. The van der Waals surface area contributed by atoms with Crippen molar-refractivity contribution >= 4 is 5.78 Å². The molecule has 0 aromatic rings. The molecule has 0 aromatic carbocycles. The lowest BCUT2D eigenvalue weighted by molar-refractivity contribution is -0.121. The normalized spacial score (nSPS) is 12.9. The molecular formula is C4H6N4O3-2. The van der Waals surface area contributed by atoms with Gasteiger partial charge in [0.05, 0.1) is 0 Å². The van der Waals surface area contributed by atoms with Gasteiger partial charge in [-0.15, -0.1) is 0 Å². The van der Waals surface area contributed by atoms with Gasteiger partial charge in [-0.3, -0.25) is 4.79 Å². The lowest BCUT2D eigenvalue weighted by Gasteiger charge is -2.14. The summed E-state index contributed by atoms with van der Waals surface area (Å²) >= 11 is 0. The molecule has 0 spiro atoms. The topological polar surface area (TPSA) is 113 Å². The Bertz CT molecular complexity index is 188. The highest BCUT2D eigenvalue weighted by Gasteiger charge is 2.28. The molecule has 0 aliphatic carbocycles. The smallest absolute Gasteiger partial charge is 0.244 e. The van der Waals surface area contributed by atoms with Crippen LogP contribution in [0.3, 0.4) is 0 Å². The number of carbonyl (C=O) groups is 1. The van der Waals surface area contributed by atoms with Crippen LogP contribution in [0.5, 0.6) is 0 Å². The van der Waals surface area contributed by atoms with Gasteiger partial charge < -0.3 is 10.4 Å². The van der Waals surface area contributed by atoms with E-state index in [2.05, 4.69) is 20.8 Å². The van der Waals surface area contributed by atoms with Gasteiger partial charge in [-0.2, -0.15) is 10.2 Å². The molecule has 0 saturated carbocycles. The molecule has 0 saturated heterocycles. The van der Waals surface area contributed by atoms with Crippen molar-refractivity contribution in [2.24, 2.45) is 20.8 Å². The van der Waals surface area contributed by atoms with E-state index in [-0.39, 0.29) is 0 Å². The maximum Gasteiger partial charge on any atom is 0.244 e. The third-order valence-corrected chi connectivity index (χ3v) is 1.14. The zero-order valence-electron chi connectivity index (χ0n) is 6.01. The summed E-state index contributed by atoms with van der Waals surface area (Å²) < 4.78 is 0. The Balaban J connectivity index is 4.66. The number of ketones is 1. The summed E-state index contributed by atoms with van der Waals surface area (Å²) in [5, 5.41) is 29.3. The lowest BCUT2D eigenvalue weighted by atomic mass is 10.1. The molecule has 7 nitrogen and oxygen atoms in total. The second-order valence-electron chi connectivity index (χ2n) is 1.94. The first-order valence-corrected chi connectivity index (χ1v) is 2.67. The number of hydrogen-bond donors (Lipinski definition) is 0. The molecule has 0 fully saturated rings. The van der Waals surface area contributed by atoms with Gasteiger partial charge in [0, 0.05) is 0 Å². The van der Waals surface area contributed by atoms with Crippen LogP contribution in [0.15, 0.2) is 20.8 Å². The minimum absolute atomic E-state index is 0.572. The zero-order valence-corrected chi connectivity index (χ0v) is 6.01. The molecule has 7 heteroatoms. The minimum Gasteiger partial charge on any atom is -0.775 e. The highest BCUT2D eigenvalue weighted by Crippen LogP contribution is 2.14. The Morgan fingerprint density at radius 1 is 1.27 bits per heavy atom. The van der Waals surface area contributed by atoms with Crippen LogP contribution in [-0.4, -0.2) is 11.4 Å². The fraction of sp³-hybridized carbons (Fsp3) is 0.750. The van der Waals surface area contributed by atoms with Gasteiger partial charge in [-0.25, -0.2) is 10.6 Å².